The van der Waals surface area contributed by atoms with Gasteiger partial charge in [0, 0.05) is 0 Å². The summed E-state index contributed by atoms with van der Waals surface area (Å²) in [5.41, 5.74) is 11.5. The van der Waals surface area contributed by atoms with Gasteiger partial charge in [0.1, 0.15) is 5.69 Å². The number of amides is 1. The summed E-state index contributed by atoms with van der Waals surface area (Å²) in [4.78, 5) is 15.1. The summed E-state index contributed by atoms with van der Waals surface area (Å²) >= 11 is 0. The number of anilines is 1. The van der Waals surface area contributed by atoms with Gasteiger partial charge in [0.15, 0.2) is 0 Å². The van der Waals surface area contributed by atoms with Crippen LogP contribution in [0, 0.1) is 0 Å². The highest BCUT2D eigenvalue weighted by Crippen LogP contribution is 2.21. The van der Waals surface area contributed by atoms with Crippen molar-refractivity contribution in [1.29, 1.82) is 0 Å². The summed E-state index contributed by atoms with van der Waals surface area (Å²) in [6, 6.07) is 3.09. The number of carbonyl (C=O) groups is 1. The molecule has 0 fully saturated rings. The molecule has 1 rings (SSSR count). The van der Waals surface area contributed by atoms with Crippen molar-refractivity contribution in [2.24, 2.45) is 5.73 Å². The third kappa shape index (κ3) is 5.16. The second-order valence-electron chi connectivity index (χ2n) is 4.73. The Hall–Kier alpha value is -1.78. The first kappa shape index (κ1) is 15.3. The number of nitrogens with zero attached hydrogens (tertiary/aromatic N) is 1. The van der Waals surface area contributed by atoms with Gasteiger partial charge in [-0.15, -0.1) is 0 Å². The number of aromatic nitrogens is 1. The van der Waals surface area contributed by atoms with Crippen LogP contribution < -0.4 is 16.2 Å². The average molecular weight is 265 g/mol. The minimum atomic E-state index is -0.583. The lowest BCUT2D eigenvalue weighted by Crippen LogP contribution is -2.17. The van der Waals surface area contributed by atoms with Crippen molar-refractivity contribution in [3.8, 4) is 5.88 Å². The molecular formula is C14H23N3O2. The van der Waals surface area contributed by atoms with E-state index in [4.69, 9.17) is 16.2 Å². The van der Waals surface area contributed by atoms with Crippen LogP contribution in [-0.4, -0.2) is 17.0 Å². The van der Waals surface area contributed by atoms with E-state index in [1.54, 1.807) is 6.07 Å². The third-order valence-corrected chi connectivity index (χ3v) is 2.92. The number of nitrogen functional groups attached to an aromatic ring is 1. The molecule has 19 heavy (non-hydrogen) atoms. The molecule has 1 heterocycles. The molecule has 0 aliphatic heterocycles. The Bertz CT molecular complexity index is 421. The molecule has 1 aromatic rings. The fraction of sp³-hybridized carbons (Fsp3) is 0.571. The fourth-order valence-electron chi connectivity index (χ4n) is 1.79. The molecule has 0 bridgehead atoms. The molecule has 0 radical (unpaired) electrons. The minimum Gasteiger partial charge on any atom is -0.473 e. The molecule has 5 heteroatoms. The second kappa shape index (κ2) is 7.61. The van der Waals surface area contributed by atoms with Crippen LogP contribution in [0.1, 0.15) is 56.4 Å². The first-order valence-electron chi connectivity index (χ1n) is 6.77. The smallest absolute Gasteiger partial charge is 0.267 e. The number of ether oxygens (including phenoxy) is 1. The largest absolute Gasteiger partial charge is 0.473 e. The van der Waals surface area contributed by atoms with Crippen LogP contribution in [-0.2, 0) is 0 Å². The molecule has 1 unspecified atom stereocenters. The van der Waals surface area contributed by atoms with Crippen LogP contribution in [0.3, 0.4) is 0 Å². The van der Waals surface area contributed by atoms with E-state index in [1.165, 1.54) is 25.3 Å². The van der Waals surface area contributed by atoms with E-state index >= 15 is 0 Å². The number of hydrogen-bond acceptors (Lipinski definition) is 4. The zero-order chi connectivity index (χ0) is 14.3. The van der Waals surface area contributed by atoms with Gasteiger partial charge in [0.05, 0.1) is 11.8 Å². The molecular weight excluding hydrogens is 242 g/mol. The predicted molar refractivity (Wildman–Crippen MR) is 76.0 cm³/mol. The maximum atomic E-state index is 11.1. The van der Waals surface area contributed by atoms with Crippen molar-refractivity contribution in [3.63, 3.8) is 0 Å². The van der Waals surface area contributed by atoms with Gasteiger partial charge < -0.3 is 16.2 Å². The van der Waals surface area contributed by atoms with Gasteiger partial charge in [-0.3, -0.25) is 4.79 Å². The van der Waals surface area contributed by atoms with Crippen LogP contribution in [0.4, 0.5) is 5.69 Å². The standard InChI is InChI=1S/C14H23N3O2/c1-3-4-5-6-7-10(2)19-14-11(15)8-9-12(17-14)13(16)18/h8-10H,3-7,15H2,1-2H3,(H2,16,18). The highest BCUT2D eigenvalue weighted by molar-refractivity contribution is 5.91. The molecule has 5 nitrogen and oxygen atoms in total. The van der Waals surface area contributed by atoms with Crippen LogP contribution in [0.15, 0.2) is 12.1 Å². The van der Waals surface area contributed by atoms with E-state index in [2.05, 4.69) is 11.9 Å². The molecule has 0 aromatic carbocycles. The summed E-state index contributed by atoms with van der Waals surface area (Å²) in [6.07, 6.45) is 5.74. The van der Waals surface area contributed by atoms with Crippen LogP contribution in [0.2, 0.25) is 0 Å². The van der Waals surface area contributed by atoms with Crippen molar-refractivity contribution >= 4 is 11.6 Å². The van der Waals surface area contributed by atoms with Gasteiger partial charge in [-0.2, -0.15) is 0 Å². The Morgan fingerprint density at radius 1 is 1.37 bits per heavy atom. The number of pyridine rings is 1. The topological polar surface area (TPSA) is 91.2 Å². The van der Waals surface area contributed by atoms with E-state index in [0.717, 1.165) is 12.8 Å². The fourth-order valence-corrected chi connectivity index (χ4v) is 1.79. The van der Waals surface area contributed by atoms with Gasteiger partial charge in [-0.1, -0.05) is 26.2 Å². The van der Waals surface area contributed by atoms with Crippen LogP contribution in [0.25, 0.3) is 0 Å². The molecule has 0 aliphatic rings. The SMILES string of the molecule is CCCCCCC(C)Oc1nc(C(N)=O)ccc1N. The highest BCUT2D eigenvalue weighted by Gasteiger charge is 2.11. The summed E-state index contributed by atoms with van der Waals surface area (Å²) in [5.74, 6) is -0.292. The second-order valence-corrected chi connectivity index (χ2v) is 4.73. The number of nitrogens with two attached hydrogens (primary N) is 2. The van der Waals surface area contributed by atoms with Crippen molar-refractivity contribution < 1.29 is 9.53 Å². The van der Waals surface area contributed by atoms with E-state index in [1.807, 2.05) is 6.92 Å². The molecule has 0 spiro atoms. The lowest BCUT2D eigenvalue weighted by molar-refractivity contribution is 0.0993. The van der Waals surface area contributed by atoms with E-state index in [0.29, 0.717) is 11.6 Å². The van der Waals surface area contributed by atoms with Gasteiger partial charge in [0.2, 0.25) is 5.88 Å². The maximum absolute atomic E-state index is 11.1. The molecule has 106 valence electrons. The quantitative estimate of drug-likeness (QED) is 0.706. The predicted octanol–water partition coefficient (Wildman–Crippen LogP) is 2.50. The summed E-state index contributed by atoms with van der Waals surface area (Å²) in [7, 11) is 0. The highest BCUT2D eigenvalue weighted by atomic mass is 16.5. The molecule has 0 aliphatic carbocycles. The van der Waals surface area contributed by atoms with Crippen molar-refractivity contribution in [2.75, 3.05) is 5.73 Å². The van der Waals surface area contributed by atoms with E-state index < -0.39 is 5.91 Å². The van der Waals surface area contributed by atoms with Gasteiger partial charge in [0.25, 0.3) is 5.91 Å². The first-order chi connectivity index (χ1) is 9.04. The van der Waals surface area contributed by atoms with Crippen LogP contribution >= 0.6 is 0 Å². The number of primary amides is 1. The Morgan fingerprint density at radius 3 is 2.74 bits per heavy atom. The Balaban J connectivity index is 2.55. The van der Waals surface area contributed by atoms with Gasteiger partial charge in [-0.25, -0.2) is 4.98 Å². The zero-order valence-corrected chi connectivity index (χ0v) is 11.7. The van der Waals surface area contributed by atoms with Crippen LogP contribution in [0.5, 0.6) is 5.88 Å². The molecule has 1 aromatic heterocycles. The molecule has 0 saturated carbocycles. The summed E-state index contributed by atoms with van der Waals surface area (Å²) in [5, 5.41) is 0. The zero-order valence-electron chi connectivity index (χ0n) is 11.7. The monoisotopic (exact) mass is 265 g/mol. The Labute approximate surface area is 114 Å². The van der Waals surface area contributed by atoms with Gasteiger partial charge in [-0.05, 0) is 31.9 Å². The average Bonchev–Trinajstić information content (AvgIpc) is 2.37. The molecule has 1 amide bonds. The number of unbranched alkanes of at least 4 members (excludes halogenated alkanes) is 3. The molecule has 4 N–H and O–H groups in total. The van der Waals surface area contributed by atoms with Gasteiger partial charge >= 0.3 is 0 Å². The van der Waals surface area contributed by atoms with Crippen molar-refractivity contribution in [1.82, 2.24) is 4.98 Å². The lowest BCUT2D eigenvalue weighted by Gasteiger charge is -2.15. The first-order valence-corrected chi connectivity index (χ1v) is 6.77. The van der Waals surface area contributed by atoms with Crippen molar-refractivity contribution in [2.45, 2.75) is 52.1 Å². The minimum absolute atomic E-state index is 0.0229. The number of carbonyl (C=O) groups excluding carboxylic acids is 1. The van der Waals surface area contributed by atoms with E-state index in [-0.39, 0.29) is 11.8 Å². The summed E-state index contributed by atoms with van der Waals surface area (Å²) in [6.45, 7) is 4.16. The number of hydrogen-bond donors (Lipinski definition) is 2. The summed E-state index contributed by atoms with van der Waals surface area (Å²) < 4.78 is 5.67. The van der Waals surface area contributed by atoms with E-state index in [9.17, 15) is 4.79 Å². The third-order valence-electron chi connectivity index (χ3n) is 2.92. The Morgan fingerprint density at radius 2 is 2.11 bits per heavy atom. The normalized spacial score (nSPS) is 12.1. The number of rotatable bonds is 8. The lowest BCUT2D eigenvalue weighted by atomic mass is 10.1. The van der Waals surface area contributed by atoms with Crippen molar-refractivity contribution in [3.05, 3.63) is 17.8 Å². The molecule has 1 atom stereocenters. The Kier molecular flexibility index (Phi) is 6.12. The maximum Gasteiger partial charge on any atom is 0.267 e. The molecule has 0 saturated heterocycles.